The largest absolute Gasteiger partial charge is 0.493 e. The van der Waals surface area contributed by atoms with E-state index in [2.05, 4.69) is 6.92 Å². The minimum Gasteiger partial charge on any atom is -0.493 e. The van der Waals surface area contributed by atoms with E-state index in [1.165, 1.54) is 7.11 Å². The van der Waals surface area contributed by atoms with Gasteiger partial charge in [0.05, 0.1) is 13.4 Å². The minimum absolute atomic E-state index is 0.189. The van der Waals surface area contributed by atoms with Crippen LogP contribution in [0.3, 0.4) is 0 Å². The number of hydrogen-bond acceptors (Lipinski definition) is 4. The fourth-order valence-electron chi connectivity index (χ4n) is 4.07. The van der Waals surface area contributed by atoms with E-state index in [-0.39, 0.29) is 35.1 Å². The third kappa shape index (κ3) is 4.21. The summed E-state index contributed by atoms with van der Waals surface area (Å²) in [5, 5.41) is 0. The van der Waals surface area contributed by atoms with E-state index < -0.39 is 0 Å². The Hall–Kier alpha value is -2.62. The molecule has 1 aliphatic carbocycles. The van der Waals surface area contributed by atoms with Crippen molar-refractivity contribution in [2.24, 2.45) is 11.8 Å². The molecule has 0 unspecified atom stereocenters. The van der Waals surface area contributed by atoms with Gasteiger partial charge in [0.1, 0.15) is 11.5 Å². The average Bonchev–Trinajstić information content (AvgIpc) is 3.24. The summed E-state index contributed by atoms with van der Waals surface area (Å²) in [4.78, 5) is 25.7. The molecule has 0 aliphatic heterocycles. The molecule has 1 heterocycles. The highest BCUT2D eigenvalue weighted by molar-refractivity contribution is 6.07. The van der Waals surface area contributed by atoms with E-state index in [1.807, 2.05) is 30.3 Å². The number of carbonyl (C=O) groups is 2. The summed E-state index contributed by atoms with van der Waals surface area (Å²) in [7, 11) is 1.49. The van der Waals surface area contributed by atoms with Crippen LogP contribution in [-0.2, 0) is 9.53 Å². The standard InChI is InChI=1S/C23H26O4/c1-3-16-11-7-12-19(24)22(16)18(20-13-8-14-27-20)15-21(26-2)23(25)17-9-5-4-6-10-17/h4-6,8-10,13-16,18,22H,3,7,11-12H2,1-2H3/b21-15-/t16-,18-,22-/m0/s1. The Morgan fingerprint density at radius 1 is 1.26 bits per heavy atom. The number of benzene rings is 1. The molecule has 142 valence electrons. The van der Waals surface area contributed by atoms with Gasteiger partial charge in [-0.1, -0.05) is 43.7 Å². The highest BCUT2D eigenvalue weighted by Crippen LogP contribution is 2.41. The highest BCUT2D eigenvalue weighted by Gasteiger charge is 2.38. The molecular weight excluding hydrogens is 340 g/mol. The number of hydrogen-bond donors (Lipinski definition) is 0. The van der Waals surface area contributed by atoms with Gasteiger partial charge in [0.25, 0.3) is 0 Å². The molecule has 0 radical (unpaired) electrons. The van der Waals surface area contributed by atoms with E-state index >= 15 is 0 Å². The normalized spacial score (nSPS) is 21.7. The van der Waals surface area contributed by atoms with Crippen molar-refractivity contribution >= 4 is 11.6 Å². The molecule has 1 fully saturated rings. The number of ether oxygens (including phenoxy) is 1. The van der Waals surface area contributed by atoms with Crippen molar-refractivity contribution in [3.63, 3.8) is 0 Å². The van der Waals surface area contributed by atoms with Crippen LogP contribution in [0.2, 0.25) is 0 Å². The summed E-state index contributed by atoms with van der Waals surface area (Å²) in [6.45, 7) is 2.12. The van der Waals surface area contributed by atoms with Gasteiger partial charge >= 0.3 is 0 Å². The number of methoxy groups -OCH3 is 1. The number of allylic oxidation sites excluding steroid dienone is 2. The van der Waals surface area contributed by atoms with Crippen LogP contribution in [0.5, 0.6) is 0 Å². The molecule has 0 spiro atoms. The maximum atomic E-state index is 12.9. The van der Waals surface area contributed by atoms with Crippen molar-refractivity contribution in [2.45, 2.75) is 38.5 Å². The molecule has 0 N–H and O–H groups in total. The third-order valence-corrected chi connectivity index (χ3v) is 5.47. The molecule has 0 bridgehead atoms. The molecular formula is C23H26O4. The van der Waals surface area contributed by atoms with Crippen LogP contribution >= 0.6 is 0 Å². The van der Waals surface area contributed by atoms with Crippen molar-refractivity contribution in [1.82, 2.24) is 0 Å². The van der Waals surface area contributed by atoms with Gasteiger partial charge in [-0.2, -0.15) is 0 Å². The van der Waals surface area contributed by atoms with Gasteiger partial charge in [0.15, 0.2) is 5.76 Å². The zero-order chi connectivity index (χ0) is 19.2. The second-order valence-electron chi connectivity index (χ2n) is 7.02. The van der Waals surface area contributed by atoms with E-state index in [0.717, 1.165) is 19.3 Å². The lowest BCUT2D eigenvalue weighted by molar-refractivity contribution is -0.127. The Morgan fingerprint density at radius 2 is 2.04 bits per heavy atom. The highest BCUT2D eigenvalue weighted by atomic mass is 16.5. The van der Waals surface area contributed by atoms with Crippen LogP contribution in [-0.4, -0.2) is 18.7 Å². The van der Waals surface area contributed by atoms with Crippen LogP contribution < -0.4 is 0 Å². The summed E-state index contributed by atoms with van der Waals surface area (Å²) in [5.41, 5.74) is 0.561. The molecule has 3 rings (SSSR count). The van der Waals surface area contributed by atoms with E-state index in [0.29, 0.717) is 17.7 Å². The van der Waals surface area contributed by atoms with Crippen molar-refractivity contribution in [1.29, 1.82) is 0 Å². The van der Waals surface area contributed by atoms with Crippen molar-refractivity contribution in [2.75, 3.05) is 7.11 Å². The van der Waals surface area contributed by atoms with Gasteiger partial charge in [-0.25, -0.2) is 0 Å². The first-order valence-corrected chi connectivity index (χ1v) is 9.57. The Morgan fingerprint density at radius 3 is 2.67 bits per heavy atom. The van der Waals surface area contributed by atoms with E-state index in [9.17, 15) is 9.59 Å². The van der Waals surface area contributed by atoms with Gasteiger partial charge in [-0.05, 0) is 37.0 Å². The van der Waals surface area contributed by atoms with Gasteiger partial charge < -0.3 is 9.15 Å². The summed E-state index contributed by atoms with van der Waals surface area (Å²) < 4.78 is 11.1. The molecule has 27 heavy (non-hydrogen) atoms. The predicted molar refractivity (Wildman–Crippen MR) is 103 cm³/mol. The topological polar surface area (TPSA) is 56.5 Å². The summed E-state index contributed by atoms with van der Waals surface area (Å²) in [6.07, 6.45) is 6.85. The van der Waals surface area contributed by atoms with Crippen molar-refractivity contribution in [3.8, 4) is 0 Å². The molecule has 0 amide bonds. The molecule has 1 saturated carbocycles. The van der Waals surface area contributed by atoms with Gasteiger partial charge in [-0.3, -0.25) is 9.59 Å². The average molecular weight is 366 g/mol. The van der Waals surface area contributed by atoms with Gasteiger partial charge in [-0.15, -0.1) is 0 Å². The zero-order valence-electron chi connectivity index (χ0n) is 15.9. The van der Waals surface area contributed by atoms with E-state index in [1.54, 1.807) is 24.5 Å². The Kier molecular flexibility index (Phi) is 6.28. The molecule has 4 heteroatoms. The van der Waals surface area contributed by atoms with Crippen LogP contribution in [0.15, 0.2) is 65.0 Å². The first-order valence-electron chi connectivity index (χ1n) is 9.57. The number of rotatable bonds is 7. The molecule has 4 nitrogen and oxygen atoms in total. The number of carbonyl (C=O) groups excluding carboxylic acids is 2. The van der Waals surface area contributed by atoms with Crippen LogP contribution in [0.4, 0.5) is 0 Å². The maximum absolute atomic E-state index is 12.9. The first kappa shape index (κ1) is 19.2. The van der Waals surface area contributed by atoms with Crippen molar-refractivity contribution < 1.29 is 18.7 Å². The van der Waals surface area contributed by atoms with Crippen LogP contribution in [0, 0.1) is 11.8 Å². The van der Waals surface area contributed by atoms with Crippen LogP contribution in [0.25, 0.3) is 0 Å². The smallest absolute Gasteiger partial charge is 0.227 e. The zero-order valence-corrected chi connectivity index (χ0v) is 15.9. The molecule has 1 aromatic heterocycles. The van der Waals surface area contributed by atoms with E-state index in [4.69, 9.17) is 9.15 Å². The second kappa shape index (κ2) is 8.85. The minimum atomic E-state index is -0.305. The Bertz CT molecular complexity index is 789. The summed E-state index contributed by atoms with van der Waals surface area (Å²) in [6, 6.07) is 12.7. The monoisotopic (exact) mass is 366 g/mol. The molecule has 2 aromatic rings. The quantitative estimate of drug-likeness (QED) is 0.385. The second-order valence-corrected chi connectivity index (χ2v) is 7.02. The fourth-order valence-corrected chi connectivity index (χ4v) is 4.07. The molecule has 0 saturated heterocycles. The lowest BCUT2D eigenvalue weighted by Gasteiger charge is -2.33. The fraction of sp³-hybridized carbons (Fsp3) is 0.391. The van der Waals surface area contributed by atoms with Crippen molar-refractivity contribution in [3.05, 3.63) is 71.9 Å². The first-order chi connectivity index (χ1) is 13.2. The number of Topliss-reactive ketones (excluding diaryl/α,β-unsaturated/α-hetero) is 2. The third-order valence-electron chi connectivity index (χ3n) is 5.47. The Balaban J connectivity index is 2.01. The molecule has 1 aromatic carbocycles. The summed E-state index contributed by atoms with van der Waals surface area (Å²) in [5.74, 6) is 0.783. The SMILES string of the molecule is CC[C@H]1CCCC(=O)[C@@H]1[C@@H](/C=C(\OC)C(=O)c1ccccc1)c1ccco1. The summed E-state index contributed by atoms with van der Waals surface area (Å²) >= 11 is 0. The van der Waals surface area contributed by atoms with Gasteiger partial charge in [0, 0.05) is 23.8 Å². The molecule has 1 aliphatic rings. The predicted octanol–water partition coefficient (Wildman–Crippen LogP) is 5.17. The lowest BCUT2D eigenvalue weighted by Crippen LogP contribution is -2.33. The maximum Gasteiger partial charge on any atom is 0.227 e. The Labute approximate surface area is 160 Å². The van der Waals surface area contributed by atoms with Crippen LogP contribution in [0.1, 0.15) is 54.6 Å². The lowest BCUT2D eigenvalue weighted by atomic mass is 9.69. The van der Waals surface area contributed by atoms with Gasteiger partial charge in [0.2, 0.25) is 5.78 Å². The number of furan rings is 1. The molecule has 3 atom stereocenters. The number of ketones is 2.